The van der Waals surface area contributed by atoms with Crippen LogP contribution in [0, 0.1) is 6.92 Å². The van der Waals surface area contributed by atoms with Crippen molar-refractivity contribution in [2.45, 2.75) is 19.4 Å². The van der Waals surface area contributed by atoms with E-state index < -0.39 is 0 Å². The molecule has 1 aromatic carbocycles. The summed E-state index contributed by atoms with van der Waals surface area (Å²) in [7, 11) is 0. The summed E-state index contributed by atoms with van der Waals surface area (Å²) >= 11 is 2.06. The monoisotopic (exact) mass is 207 g/mol. The van der Waals surface area contributed by atoms with E-state index in [-0.39, 0.29) is 0 Å². The van der Waals surface area contributed by atoms with Crippen molar-refractivity contribution < 1.29 is 0 Å². The van der Waals surface area contributed by atoms with Gasteiger partial charge in [0.05, 0.1) is 0 Å². The lowest BCUT2D eigenvalue weighted by molar-refractivity contribution is 0.587. The molecule has 2 rings (SSSR count). The van der Waals surface area contributed by atoms with Gasteiger partial charge in [0.1, 0.15) is 0 Å². The minimum Gasteiger partial charge on any atom is -0.309 e. The Balaban J connectivity index is 2.16. The Morgan fingerprint density at radius 3 is 3.07 bits per heavy atom. The molecule has 0 radical (unpaired) electrons. The average Bonchev–Trinajstić information content (AvgIpc) is 2.47. The van der Waals surface area contributed by atoms with Crippen molar-refractivity contribution in [2.75, 3.05) is 18.1 Å². The Kier molecular flexibility index (Phi) is 3.49. The van der Waals surface area contributed by atoms with Crippen molar-refractivity contribution in [1.82, 2.24) is 5.32 Å². The summed E-state index contributed by atoms with van der Waals surface area (Å²) in [4.78, 5) is 0. The molecular formula is C12H17NS. The lowest BCUT2D eigenvalue weighted by Crippen LogP contribution is -2.23. The van der Waals surface area contributed by atoms with Gasteiger partial charge in [0.15, 0.2) is 0 Å². The molecule has 1 fully saturated rings. The van der Waals surface area contributed by atoms with E-state index in [1.807, 2.05) is 0 Å². The van der Waals surface area contributed by atoms with Gasteiger partial charge in [0, 0.05) is 11.8 Å². The van der Waals surface area contributed by atoms with Crippen LogP contribution in [-0.4, -0.2) is 18.1 Å². The van der Waals surface area contributed by atoms with E-state index in [1.54, 1.807) is 0 Å². The molecule has 0 aromatic heterocycles. The summed E-state index contributed by atoms with van der Waals surface area (Å²) in [5, 5.41) is 3.62. The van der Waals surface area contributed by atoms with Crippen LogP contribution in [-0.2, 0) is 0 Å². The molecule has 0 saturated carbocycles. The molecule has 1 aliphatic heterocycles. The van der Waals surface area contributed by atoms with Crippen LogP contribution in [0.4, 0.5) is 0 Å². The van der Waals surface area contributed by atoms with Gasteiger partial charge in [-0.25, -0.2) is 0 Å². The van der Waals surface area contributed by atoms with E-state index in [4.69, 9.17) is 0 Å². The van der Waals surface area contributed by atoms with Crippen LogP contribution in [0.5, 0.6) is 0 Å². The Morgan fingerprint density at radius 2 is 2.21 bits per heavy atom. The fourth-order valence-corrected chi connectivity index (χ4v) is 2.94. The number of thioether (sulfide) groups is 1. The molecule has 1 saturated heterocycles. The normalized spacial score (nSPS) is 23.1. The second-order valence-electron chi connectivity index (χ2n) is 3.79. The summed E-state index contributed by atoms with van der Waals surface area (Å²) in [5.41, 5.74) is 2.88. The molecule has 14 heavy (non-hydrogen) atoms. The zero-order valence-corrected chi connectivity index (χ0v) is 9.44. The summed E-state index contributed by atoms with van der Waals surface area (Å²) in [6, 6.07) is 9.26. The maximum absolute atomic E-state index is 3.62. The molecule has 1 N–H and O–H groups in total. The van der Waals surface area contributed by atoms with Crippen molar-refractivity contribution >= 4 is 11.8 Å². The molecule has 1 nitrogen and oxygen atoms in total. The van der Waals surface area contributed by atoms with Gasteiger partial charge >= 0.3 is 0 Å². The molecule has 0 aliphatic carbocycles. The van der Waals surface area contributed by atoms with Gasteiger partial charge in [-0.15, -0.1) is 0 Å². The molecule has 0 amide bonds. The van der Waals surface area contributed by atoms with Gasteiger partial charge < -0.3 is 5.32 Å². The molecule has 1 atom stereocenters. The first-order valence-corrected chi connectivity index (χ1v) is 6.40. The van der Waals surface area contributed by atoms with Crippen LogP contribution in [0.15, 0.2) is 24.3 Å². The Bertz CT molecular complexity index is 290. The highest BCUT2D eigenvalue weighted by molar-refractivity contribution is 7.99. The van der Waals surface area contributed by atoms with Crippen LogP contribution >= 0.6 is 11.8 Å². The number of nitrogens with one attached hydrogen (secondary N) is 1. The molecule has 2 heteroatoms. The number of rotatable bonds is 1. The maximum Gasteiger partial charge on any atom is 0.0414 e. The van der Waals surface area contributed by atoms with E-state index in [9.17, 15) is 0 Å². The summed E-state index contributed by atoms with van der Waals surface area (Å²) in [6.07, 6.45) is 1.30. The van der Waals surface area contributed by atoms with Gasteiger partial charge in [0.2, 0.25) is 0 Å². The largest absolute Gasteiger partial charge is 0.309 e. The van der Waals surface area contributed by atoms with Gasteiger partial charge in [-0.05, 0) is 36.8 Å². The molecule has 76 valence electrons. The van der Waals surface area contributed by atoms with Crippen LogP contribution in [0.25, 0.3) is 0 Å². The first-order chi connectivity index (χ1) is 6.88. The zero-order valence-electron chi connectivity index (χ0n) is 8.62. The van der Waals surface area contributed by atoms with Crippen LogP contribution in [0.2, 0.25) is 0 Å². The van der Waals surface area contributed by atoms with Crippen molar-refractivity contribution in [3.8, 4) is 0 Å². The van der Waals surface area contributed by atoms with Crippen molar-refractivity contribution in [3.63, 3.8) is 0 Å². The first-order valence-electron chi connectivity index (χ1n) is 5.24. The van der Waals surface area contributed by atoms with Crippen molar-refractivity contribution in [3.05, 3.63) is 35.4 Å². The fraction of sp³-hybridized carbons (Fsp3) is 0.500. The van der Waals surface area contributed by atoms with E-state index in [0.29, 0.717) is 6.04 Å². The topological polar surface area (TPSA) is 12.0 Å². The molecule has 1 heterocycles. The fourth-order valence-electron chi connectivity index (χ4n) is 1.89. The molecular weight excluding hydrogens is 190 g/mol. The van der Waals surface area contributed by atoms with Gasteiger partial charge in [0.25, 0.3) is 0 Å². The minimum atomic E-state index is 0.559. The molecule has 1 aromatic rings. The standard InChI is InChI=1S/C12H17NS/c1-10-5-2-3-6-11(10)12-9-14-8-4-7-13-12/h2-3,5-6,12-13H,4,7-9H2,1H3. The van der Waals surface area contributed by atoms with Crippen LogP contribution in [0.1, 0.15) is 23.6 Å². The predicted molar refractivity (Wildman–Crippen MR) is 63.9 cm³/mol. The van der Waals surface area contributed by atoms with Crippen molar-refractivity contribution in [2.24, 2.45) is 0 Å². The summed E-state index contributed by atoms with van der Waals surface area (Å²) in [6.45, 7) is 3.36. The predicted octanol–water partition coefficient (Wildman–Crippen LogP) is 2.76. The lowest BCUT2D eigenvalue weighted by atomic mass is 10.0. The maximum atomic E-state index is 3.62. The Morgan fingerprint density at radius 1 is 1.36 bits per heavy atom. The second-order valence-corrected chi connectivity index (χ2v) is 4.94. The van der Waals surface area contributed by atoms with E-state index in [2.05, 4.69) is 48.3 Å². The smallest absolute Gasteiger partial charge is 0.0414 e. The number of benzene rings is 1. The van der Waals surface area contributed by atoms with Gasteiger partial charge in [-0.1, -0.05) is 24.3 Å². The third-order valence-corrected chi connectivity index (χ3v) is 3.85. The molecule has 1 unspecified atom stereocenters. The van der Waals surface area contributed by atoms with E-state index in [0.717, 1.165) is 6.54 Å². The summed E-state index contributed by atoms with van der Waals surface area (Å²) in [5.74, 6) is 2.51. The third kappa shape index (κ3) is 2.31. The van der Waals surface area contributed by atoms with Crippen molar-refractivity contribution in [1.29, 1.82) is 0 Å². The Hall–Kier alpha value is -0.470. The summed E-state index contributed by atoms with van der Waals surface area (Å²) < 4.78 is 0. The third-order valence-electron chi connectivity index (χ3n) is 2.70. The van der Waals surface area contributed by atoms with Crippen LogP contribution in [0.3, 0.4) is 0 Å². The second kappa shape index (κ2) is 4.85. The number of hydrogen-bond acceptors (Lipinski definition) is 2. The van der Waals surface area contributed by atoms with Crippen LogP contribution < -0.4 is 5.32 Å². The Labute approximate surface area is 90.3 Å². The first kappa shape index (κ1) is 10.1. The van der Waals surface area contributed by atoms with E-state index >= 15 is 0 Å². The number of aryl methyl sites for hydroxylation is 1. The molecule has 0 spiro atoms. The lowest BCUT2D eigenvalue weighted by Gasteiger charge is -2.17. The van der Waals surface area contributed by atoms with Gasteiger partial charge in [-0.3, -0.25) is 0 Å². The highest BCUT2D eigenvalue weighted by Crippen LogP contribution is 2.23. The molecule has 1 aliphatic rings. The quantitative estimate of drug-likeness (QED) is 0.760. The molecule has 0 bridgehead atoms. The zero-order chi connectivity index (χ0) is 9.80. The number of hydrogen-bond donors (Lipinski definition) is 1. The highest BCUT2D eigenvalue weighted by atomic mass is 32.2. The van der Waals surface area contributed by atoms with Gasteiger partial charge in [-0.2, -0.15) is 11.8 Å². The minimum absolute atomic E-state index is 0.559. The van der Waals surface area contributed by atoms with E-state index in [1.165, 1.54) is 29.1 Å². The SMILES string of the molecule is Cc1ccccc1C1CSCCCN1. The highest BCUT2D eigenvalue weighted by Gasteiger charge is 2.14. The average molecular weight is 207 g/mol.